The minimum atomic E-state index is -4.10. The van der Waals surface area contributed by atoms with Crippen LogP contribution < -0.4 is 4.74 Å². The molecule has 0 aliphatic rings. The van der Waals surface area contributed by atoms with Crippen molar-refractivity contribution in [2.24, 2.45) is 0 Å². The zero-order valence-corrected chi connectivity index (χ0v) is 12.9. The van der Waals surface area contributed by atoms with Crippen LogP contribution in [-0.2, 0) is 9.05 Å². The van der Waals surface area contributed by atoms with E-state index in [4.69, 9.17) is 15.4 Å². The second-order valence-electron chi connectivity index (χ2n) is 3.80. The van der Waals surface area contributed by atoms with Crippen LogP contribution in [0.5, 0.6) is 5.75 Å². The van der Waals surface area contributed by atoms with Crippen LogP contribution in [-0.4, -0.2) is 40.6 Å². The third-order valence-electron chi connectivity index (χ3n) is 2.05. The summed E-state index contributed by atoms with van der Waals surface area (Å²) >= 11 is 3.11. The number of nitrogens with zero attached hydrogens (tertiary/aromatic N) is 1. The first kappa shape index (κ1) is 15.7. The molecule has 1 aromatic rings. The van der Waals surface area contributed by atoms with E-state index in [2.05, 4.69) is 15.9 Å². The Morgan fingerprint density at radius 1 is 1.44 bits per heavy atom. The lowest BCUT2D eigenvalue weighted by atomic mass is 10.3. The van der Waals surface area contributed by atoms with Crippen molar-refractivity contribution >= 4 is 35.7 Å². The molecule has 4 nitrogen and oxygen atoms in total. The molecule has 0 atom stereocenters. The maximum atomic E-state index is 13.5. The van der Waals surface area contributed by atoms with Crippen molar-refractivity contribution in [1.82, 2.24) is 4.90 Å². The zero-order chi connectivity index (χ0) is 13.9. The fraction of sp³-hybridized carbons (Fsp3) is 0.400. The lowest BCUT2D eigenvalue weighted by Crippen LogP contribution is -2.19. The number of hydrogen-bond acceptors (Lipinski definition) is 4. The largest absolute Gasteiger partial charge is 0.491 e. The molecule has 18 heavy (non-hydrogen) atoms. The standard InChI is InChI=1S/C10H12BrClFNO3S/c1-14(2)3-4-17-9-6-8(13)10(5-7(9)11)18(12,15)16/h5-6H,3-4H2,1-2H3. The van der Waals surface area contributed by atoms with Gasteiger partial charge in [0.15, 0.2) is 0 Å². The van der Waals surface area contributed by atoms with Gasteiger partial charge in [0.1, 0.15) is 23.1 Å². The molecular formula is C10H12BrClFNO3S. The van der Waals surface area contributed by atoms with Crippen molar-refractivity contribution in [2.45, 2.75) is 4.90 Å². The Hall–Kier alpha value is -0.370. The lowest BCUT2D eigenvalue weighted by molar-refractivity contribution is 0.259. The number of halogens is 3. The first-order valence-electron chi connectivity index (χ1n) is 4.93. The monoisotopic (exact) mass is 359 g/mol. The molecule has 0 spiro atoms. The molecule has 0 fully saturated rings. The topological polar surface area (TPSA) is 46.6 Å². The molecule has 0 aliphatic carbocycles. The van der Waals surface area contributed by atoms with E-state index in [0.29, 0.717) is 17.6 Å². The zero-order valence-electron chi connectivity index (χ0n) is 9.78. The predicted octanol–water partition coefficient (Wildman–Crippen LogP) is 2.46. The smallest absolute Gasteiger partial charge is 0.264 e. The fourth-order valence-electron chi connectivity index (χ4n) is 1.15. The highest BCUT2D eigenvalue weighted by Crippen LogP contribution is 2.31. The third kappa shape index (κ3) is 4.38. The van der Waals surface area contributed by atoms with E-state index >= 15 is 0 Å². The summed E-state index contributed by atoms with van der Waals surface area (Å²) in [6.45, 7) is 1.02. The molecule has 0 N–H and O–H groups in total. The molecule has 0 unspecified atom stereocenters. The van der Waals surface area contributed by atoms with E-state index < -0.39 is 19.8 Å². The maximum Gasteiger partial charge on any atom is 0.264 e. The van der Waals surface area contributed by atoms with Gasteiger partial charge in [0.05, 0.1) is 4.47 Å². The molecule has 8 heteroatoms. The van der Waals surface area contributed by atoms with E-state index in [1.165, 1.54) is 0 Å². The normalized spacial score (nSPS) is 11.9. The molecule has 0 amide bonds. The highest BCUT2D eigenvalue weighted by molar-refractivity contribution is 9.10. The average Bonchev–Trinajstić information content (AvgIpc) is 2.20. The number of ether oxygens (including phenoxy) is 1. The van der Waals surface area contributed by atoms with E-state index in [1.807, 2.05) is 19.0 Å². The summed E-state index contributed by atoms with van der Waals surface area (Å²) in [4.78, 5) is 1.33. The van der Waals surface area contributed by atoms with E-state index in [0.717, 1.165) is 12.1 Å². The van der Waals surface area contributed by atoms with E-state index in [9.17, 15) is 12.8 Å². The van der Waals surface area contributed by atoms with Crippen LogP contribution in [0.3, 0.4) is 0 Å². The summed E-state index contributed by atoms with van der Waals surface area (Å²) in [6.07, 6.45) is 0. The SMILES string of the molecule is CN(C)CCOc1cc(F)c(S(=O)(=O)Cl)cc1Br. The Balaban J connectivity index is 2.94. The van der Waals surface area contributed by atoms with Crippen LogP contribution in [0.25, 0.3) is 0 Å². The maximum absolute atomic E-state index is 13.5. The van der Waals surface area contributed by atoms with Gasteiger partial charge in [-0.15, -0.1) is 0 Å². The molecule has 0 aliphatic heterocycles. The summed E-state index contributed by atoms with van der Waals surface area (Å²) in [5.74, 6) is -0.702. The molecule has 0 heterocycles. The highest BCUT2D eigenvalue weighted by Gasteiger charge is 2.19. The average molecular weight is 361 g/mol. The van der Waals surface area contributed by atoms with Crippen LogP contribution >= 0.6 is 26.6 Å². The lowest BCUT2D eigenvalue weighted by Gasteiger charge is -2.12. The van der Waals surface area contributed by atoms with Crippen molar-refractivity contribution in [3.63, 3.8) is 0 Å². The number of rotatable bonds is 5. The molecule has 0 saturated carbocycles. The van der Waals surface area contributed by atoms with Crippen LogP contribution in [0.4, 0.5) is 4.39 Å². The summed E-state index contributed by atoms with van der Waals surface area (Å²) in [5, 5.41) is 0. The van der Waals surface area contributed by atoms with Gasteiger partial charge in [-0.25, -0.2) is 12.8 Å². The summed E-state index contributed by atoms with van der Waals surface area (Å²) in [6, 6.07) is 2.08. The van der Waals surface area contributed by atoms with Gasteiger partial charge in [-0.05, 0) is 36.1 Å². The molecule has 0 radical (unpaired) electrons. The van der Waals surface area contributed by atoms with Crippen molar-refractivity contribution in [2.75, 3.05) is 27.2 Å². The molecule has 0 saturated heterocycles. The van der Waals surface area contributed by atoms with Crippen molar-refractivity contribution in [1.29, 1.82) is 0 Å². The van der Waals surface area contributed by atoms with Gasteiger partial charge in [0, 0.05) is 23.3 Å². The van der Waals surface area contributed by atoms with Gasteiger partial charge in [0.2, 0.25) is 0 Å². The quantitative estimate of drug-likeness (QED) is 0.757. The molecule has 0 bridgehead atoms. The summed E-state index contributed by atoms with van der Waals surface area (Å²) in [5.41, 5.74) is 0. The van der Waals surface area contributed by atoms with Crippen LogP contribution in [0, 0.1) is 5.82 Å². The molecule has 102 valence electrons. The van der Waals surface area contributed by atoms with Crippen molar-refractivity contribution in [3.05, 3.63) is 22.4 Å². The van der Waals surface area contributed by atoms with Gasteiger partial charge in [-0.3, -0.25) is 0 Å². The van der Waals surface area contributed by atoms with Crippen LogP contribution in [0.15, 0.2) is 21.5 Å². The first-order valence-corrected chi connectivity index (χ1v) is 8.03. The van der Waals surface area contributed by atoms with Crippen molar-refractivity contribution in [3.8, 4) is 5.75 Å². The fourth-order valence-corrected chi connectivity index (χ4v) is 2.66. The Morgan fingerprint density at radius 3 is 2.56 bits per heavy atom. The molecule has 0 aromatic heterocycles. The molecule has 1 aromatic carbocycles. The van der Waals surface area contributed by atoms with Crippen LogP contribution in [0.2, 0.25) is 0 Å². The minimum Gasteiger partial charge on any atom is -0.491 e. The van der Waals surface area contributed by atoms with E-state index in [-0.39, 0.29) is 5.75 Å². The van der Waals surface area contributed by atoms with Gasteiger partial charge in [-0.1, -0.05) is 0 Å². The van der Waals surface area contributed by atoms with Gasteiger partial charge >= 0.3 is 0 Å². The summed E-state index contributed by atoms with van der Waals surface area (Å²) in [7, 11) is 4.75. The number of likely N-dealkylation sites (N-methyl/N-ethyl adjacent to an activating group) is 1. The van der Waals surface area contributed by atoms with Gasteiger partial charge in [-0.2, -0.15) is 0 Å². The summed E-state index contributed by atoms with van der Waals surface area (Å²) < 4.78 is 41.4. The second-order valence-corrected chi connectivity index (χ2v) is 7.19. The Bertz CT molecular complexity index is 536. The predicted molar refractivity (Wildman–Crippen MR) is 71.2 cm³/mol. The van der Waals surface area contributed by atoms with Crippen LogP contribution in [0.1, 0.15) is 0 Å². The van der Waals surface area contributed by atoms with E-state index in [1.54, 1.807) is 0 Å². The molecule has 1 rings (SSSR count). The van der Waals surface area contributed by atoms with Gasteiger partial charge in [0.25, 0.3) is 9.05 Å². The van der Waals surface area contributed by atoms with Gasteiger partial charge < -0.3 is 9.64 Å². The first-order chi connectivity index (χ1) is 8.21. The Morgan fingerprint density at radius 2 is 2.06 bits per heavy atom. The second kappa shape index (κ2) is 6.18. The highest BCUT2D eigenvalue weighted by atomic mass is 79.9. The number of hydrogen-bond donors (Lipinski definition) is 0. The third-order valence-corrected chi connectivity index (χ3v) is 4.00. The molecular weight excluding hydrogens is 349 g/mol. The Kier molecular flexibility index (Phi) is 5.39. The Labute approximate surface area is 118 Å². The minimum absolute atomic E-state index is 0.235. The van der Waals surface area contributed by atoms with Crippen molar-refractivity contribution < 1.29 is 17.5 Å². The number of benzene rings is 1.